The van der Waals surface area contributed by atoms with Gasteiger partial charge in [0.1, 0.15) is 5.82 Å². The van der Waals surface area contributed by atoms with Gasteiger partial charge in [0, 0.05) is 4.47 Å². The average molecular weight is 310 g/mol. The molecule has 1 unspecified atom stereocenters. The Hall–Kier alpha value is -1.39. The molecule has 0 saturated heterocycles. The van der Waals surface area contributed by atoms with Crippen LogP contribution < -0.4 is 5.32 Å². The van der Waals surface area contributed by atoms with Gasteiger partial charge in [-0.05, 0) is 29.8 Å². The third-order valence-corrected chi connectivity index (χ3v) is 3.13. The molecule has 2 aromatic carbocycles. The van der Waals surface area contributed by atoms with Gasteiger partial charge in [-0.1, -0.05) is 40.2 Å². The molecule has 0 aliphatic rings. The topological polar surface area (TPSA) is 32.3 Å². The Labute approximate surface area is 114 Å². The highest BCUT2D eigenvalue weighted by atomic mass is 79.9. The quantitative estimate of drug-likeness (QED) is 0.902. The van der Waals surface area contributed by atoms with Crippen molar-refractivity contribution in [3.63, 3.8) is 0 Å². The zero-order valence-corrected chi connectivity index (χ0v) is 11.2. The van der Waals surface area contributed by atoms with Gasteiger partial charge in [0.05, 0.1) is 18.3 Å². The normalized spacial score (nSPS) is 12.2. The van der Waals surface area contributed by atoms with Crippen LogP contribution in [0, 0.1) is 5.82 Å². The van der Waals surface area contributed by atoms with Crippen molar-refractivity contribution in [3.8, 4) is 0 Å². The van der Waals surface area contributed by atoms with Crippen LogP contribution in [0.4, 0.5) is 10.1 Å². The van der Waals surface area contributed by atoms with E-state index in [2.05, 4.69) is 21.2 Å². The summed E-state index contributed by atoms with van der Waals surface area (Å²) in [7, 11) is 0. The molecule has 0 radical (unpaired) electrons. The summed E-state index contributed by atoms with van der Waals surface area (Å²) in [6.07, 6.45) is 0. The lowest BCUT2D eigenvalue weighted by molar-refractivity contribution is 0.276. The maximum absolute atomic E-state index is 13.5. The number of halogens is 2. The molecular formula is C14H13BrFNO. The second kappa shape index (κ2) is 5.98. The SMILES string of the molecule is OCC(Nc1ccccc1F)c1cccc(Br)c1. The van der Waals surface area contributed by atoms with E-state index in [9.17, 15) is 9.50 Å². The van der Waals surface area contributed by atoms with Crippen LogP contribution in [-0.4, -0.2) is 11.7 Å². The van der Waals surface area contributed by atoms with Crippen molar-refractivity contribution in [1.29, 1.82) is 0 Å². The molecule has 0 bridgehead atoms. The molecule has 0 aliphatic heterocycles. The predicted molar refractivity (Wildman–Crippen MR) is 74.0 cm³/mol. The van der Waals surface area contributed by atoms with Gasteiger partial charge in [0.15, 0.2) is 0 Å². The second-order valence-electron chi connectivity index (χ2n) is 3.91. The minimum Gasteiger partial charge on any atom is -0.394 e. The summed E-state index contributed by atoms with van der Waals surface area (Å²) in [5, 5.41) is 12.4. The number of hydrogen-bond acceptors (Lipinski definition) is 2. The van der Waals surface area contributed by atoms with Crippen LogP contribution in [0.1, 0.15) is 11.6 Å². The zero-order valence-electron chi connectivity index (χ0n) is 9.61. The maximum Gasteiger partial charge on any atom is 0.146 e. The van der Waals surface area contributed by atoms with Crippen LogP contribution in [0.2, 0.25) is 0 Å². The summed E-state index contributed by atoms with van der Waals surface area (Å²) in [6.45, 7) is -0.106. The first-order valence-corrected chi connectivity index (χ1v) is 6.37. The first kappa shape index (κ1) is 13.1. The number of aliphatic hydroxyl groups is 1. The van der Waals surface area contributed by atoms with E-state index in [1.54, 1.807) is 18.2 Å². The predicted octanol–water partition coefficient (Wildman–Crippen LogP) is 3.73. The van der Waals surface area contributed by atoms with Gasteiger partial charge in [-0.15, -0.1) is 0 Å². The summed E-state index contributed by atoms with van der Waals surface area (Å²) in [5.41, 5.74) is 1.28. The molecule has 94 valence electrons. The third kappa shape index (κ3) is 3.09. The smallest absolute Gasteiger partial charge is 0.146 e. The molecule has 0 aromatic heterocycles. The minimum absolute atomic E-state index is 0.106. The van der Waals surface area contributed by atoms with Crippen molar-refractivity contribution in [2.75, 3.05) is 11.9 Å². The fourth-order valence-corrected chi connectivity index (χ4v) is 2.14. The van der Waals surface area contributed by atoms with Crippen molar-refractivity contribution in [1.82, 2.24) is 0 Å². The van der Waals surface area contributed by atoms with Crippen molar-refractivity contribution in [3.05, 3.63) is 64.4 Å². The highest BCUT2D eigenvalue weighted by molar-refractivity contribution is 9.10. The number of hydrogen-bond donors (Lipinski definition) is 2. The lowest BCUT2D eigenvalue weighted by Crippen LogP contribution is -2.15. The Morgan fingerprint density at radius 2 is 1.94 bits per heavy atom. The summed E-state index contributed by atoms with van der Waals surface area (Å²) in [6, 6.07) is 13.7. The van der Waals surface area contributed by atoms with E-state index in [1.165, 1.54) is 6.07 Å². The van der Waals surface area contributed by atoms with E-state index in [0.717, 1.165) is 10.0 Å². The molecule has 0 amide bonds. The summed E-state index contributed by atoms with van der Waals surface area (Å²) in [4.78, 5) is 0. The Morgan fingerprint density at radius 1 is 1.17 bits per heavy atom. The molecule has 2 N–H and O–H groups in total. The fourth-order valence-electron chi connectivity index (χ4n) is 1.72. The second-order valence-corrected chi connectivity index (χ2v) is 4.83. The molecule has 2 nitrogen and oxygen atoms in total. The van der Waals surface area contributed by atoms with Crippen LogP contribution in [0.25, 0.3) is 0 Å². The van der Waals surface area contributed by atoms with Crippen LogP contribution >= 0.6 is 15.9 Å². The highest BCUT2D eigenvalue weighted by Gasteiger charge is 2.12. The Balaban J connectivity index is 2.23. The monoisotopic (exact) mass is 309 g/mol. The van der Waals surface area contributed by atoms with Crippen molar-refractivity contribution in [2.24, 2.45) is 0 Å². The number of para-hydroxylation sites is 1. The van der Waals surface area contributed by atoms with Gasteiger partial charge in [0.25, 0.3) is 0 Å². The average Bonchev–Trinajstić information content (AvgIpc) is 2.38. The number of aliphatic hydroxyl groups excluding tert-OH is 1. The number of nitrogens with one attached hydrogen (secondary N) is 1. The number of rotatable bonds is 4. The molecule has 1 atom stereocenters. The molecule has 0 saturated carbocycles. The fraction of sp³-hybridized carbons (Fsp3) is 0.143. The molecule has 2 rings (SSSR count). The van der Waals surface area contributed by atoms with Gasteiger partial charge >= 0.3 is 0 Å². The van der Waals surface area contributed by atoms with Crippen molar-refractivity contribution in [2.45, 2.75) is 6.04 Å². The van der Waals surface area contributed by atoms with Gasteiger partial charge < -0.3 is 10.4 Å². The highest BCUT2D eigenvalue weighted by Crippen LogP contribution is 2.23. The molecular weight excluding hydrogens is 297 g/mol. The third-order valence-electron chi connectivity index (χ3n) is 2.64. The summed E-state index contributed by atoms with van der Waals surface area (Å²) >= 11 is 3.38. The molecule has 18 heavy (non-hydrogen) atoms. The van der Waals surface area contributed by atoms with Crippen LogP contribution in [0.5, 0.6) is 0 Å². The van der Waals surface area contributed by atoms with E-state index < -0.39 is 0 Å². The maximum atomic E-state index is 13.5. The van der Waals surface area contributed by atoms with E-state index in [1.807, 2.05) is 24.3 Å². The summed E-state index contributed by atoms with van der Waals surface area (Å²) in [5.74, 6) is -0.328. The van der Waals surface area contributed by atoms with Crippen LogP contribution in [-0.2, 0) is 0 Å². The zero-order chi connectivity index (χ0) is 13.0. The lowest BCUT2D eigenvalue weighted by Gasteiger charge is -2.18. The molecule has 2 aromatic rings. The van der Waals surface area contributed by atoms with Crippen molar-refractivity contribution < 1.29 is 9.50 Å². The Morgan fingerprint density at radius 3 is 2.61 bits per heavy atom. The van der Waals surface area contributed by atoms with E-state index in [-0.39, 0.29) is 18.5 Å². The number of benzene rings is 2. The first-order chi connectivity index (χ1) is 8.70. The van der Waals surface area contributed by atoms with E-state index >= 15 is 0 Å². The standard InChI is InChI=1S/C14H13BrFNO/c15-11-5-3-4-10(8-11)14(9-18)17-13-7-2-1-6-12(13)16/h1-8,14,17-18H,9H2. The molecule has 0 fully saturated rings. The Kier molecular flexibility index (Phi) is 4.33. The van der Waals surface area contributed by atoms with Gasteiger partial charge in [-0.2, -0.15) is 0 Å². The molecule has 0 heterocycles. The lowest BCUT2D eigenvalue weighted by atomic mass is 10.1. The molecule has 0 aliphatic carbocycles. The van der Waals surface area contributed by atoms with Gasteiger partial charge in [-0.3, -0.25) is 0 Å². The van der Waals surface area contributed by atoms with E-state index in [4.69, 9.17) is 0 Å². The largest absolute Gasteiger partial charge is 0.394 e. The Bertz CT molecular complexity index is 533. The molecule has 4 heteroatoms. The molecule has 0 spiro atoms. The van der Waals surface area contributed by atoms with E-state index in [0.29, 0.717) is 5.69 Å². The van der Waals surface area contributed by atoms with Crippen LogP contribution in [0.15, 0.2) is 53.0 Å². The van der Waals surface area contributed by atoms with Gasteiger partial charge in [-0.25, -0.2) is 4.39 Å². The van der Waals surface area contributed by atoms with Crippen LogP contribution in [0.3, 0.4) is 0 Å². The van der Waals surface area contributed by atoms with Gasteiger partial charge in [0.2, 0.25) is 0 Å². The number of anilines is 1. The minimum atomic E-state index is -0.334. The summed E-state index contributed by atoms with van der Waals surface area (Å²) < 4.78 is 14.5. The first-order valence-electron chi connectivity index (χ1n) is 5.58. The van der Waals surface area contributed by atoms with Crippen molar-refractivity contribution >= 4 is 21.6 Å².